The number of benzene rings is 1. The predicted molar refractivity (Wildman–Crippen MR) is 67.5 cm³/mol. The van der Waals surface area contributed by atoms with E-state index < -0.39 is 0 Å². The van der Waals surface area contributed by atoms with Crippen molar-refractivity contribution >= 4 is 11.8 Å². The van der Waals surface area contributed by atoms with Gasteiger partial charge in [0.1, 0.15) is 0 Å². The maximum absolute atomic E-state index is 12.0. The summed E-state index contributed by atoms with van der Waals surface area (Å²) in [4.78, 5) is 25.2. The van der Waals surface area contributed by atoms with Gasteiger partial charge < -0.3 is 4.74 Å². The van der Waals surface area contributed by atoms with Crippen molar-refractivity contribution in [3.05, 3.63) is 35.4 Å². The van der Waals surface area contributed by atoms with Crippen molar-refractivity contribution in [1.82, 2.24) is 4.90 Å². The lowest BCUT2D eigenvalue weighted by Crippen LogP contribution is -2.33. The Morgan fingerprint density at radius 2 is 1.67 bits per heavy atom. The van der Waals surface area contributed by atoms with E-state index in [-0.39, 0.29) is 11.8 Å². The Hall–Kier alpha value is -1.68. The van der Waals surface area contributed by atoms with Crippen LogP contribution in [0, 0.1) is 5.92 Å². The number of fused-ring (bicyclic) bond motifs is 1. The Morgan fingerprint density at radius 3 is 2.17 bits per heavy atom. The number of carbonyl (C=O) groups excluding carboxylic acids is 2. The normalized spacial score (nSPS) is 14.5. The minimum absolute atomic E-state index is 0.219. The lowest BCUT2D eigenvalue weighted by Gasteiger charge is -2.14. The highest BCUT2D eigenvalue weighted by molar-refractivity contribution is 6.21. The molecule has 0 bridgehead atoms. The Balaban J connectivity index is 1.97. The molecule has 4 heteroatoms. The third kappa shape index (κ3) is 2.43. The van der Waals surface area contributed by atoms with Gasteiger partial charge >= 0.3 is 0 Å². The largest absolute Gasteiger partial charge is 0.379 e. The highest BCUT2D eigenvalue weighted by Crippen LogP contribution is 2.21. The number of imide groups is 1. The fraction of sp³-hybridized carbons (Fsp3) is 0.429. The van der Waals surface area contributed by atoms with E-state index in [1.165, 1.54) is 4.90 Å². The summed E-state index contributed by atoms with van der Waals surface area (Å²) in [7, 11) is 0. The van der Waals surface area contributed by atoms with E-state index in [4.69, 9.17) is 4.74 Å². The zero-order chi connectivity index (χ0) is 13.1. The Labute approximate surface area is 107 Å². The summed E-state index contributed by atoms with van der Waals surface area (Å²) in [5.41, 5.74) is 0.984. The van der Waals surface area contributed by atoms with Crippen LogP contribution in [0.5, 0.6) is 0 Å². The van der Waals surface area contributed by atoms with Gasteiger partial charge in [-0.15, -0.1) is 0 Å². The molecule has 0 aromatic heterocycles. The van der Waals surface area contributed by atoms with Gasteiger partial charge in [-0.1, -0.05) is 26.0 Å². The van der Waals surface area contributed by atoms with E-state index in [1.54, 1.807) is 24.3 Å². The molecule has 4 nitrogen and oxygen atoms in total. The molecule has 0 spiro atoms. The van der Waals surface area contributed by atoms with Gasteiger partial charge in [-0.25, -0.2) is 0 Å². The molecular weight excluding hydrogens is 230 g/mol. The lowest BCUT2D eigenvalue weighted by molar-refractivity contribution is 0.0535. The quantitative estimate of drug-likeness (QED) is 0.590. The van der Waals surface area contributed by atoms with E-state index in [2.05, 4.69) is 13.8 Å². The summed E-state index contributed by atoms with van der Waals surface area (Å²) in [5.74, 6) is 0.0136. The van der Waals surface area contributed by atoms with E-state index in [0.29, 0.717) is 36.8 Å². The van der Waals surface area contributed by atoms with Crippen molar-refractivity contribution in [2.75, 3.05) is 19.8 Å². The molecule has 2 amide bonds. The number of hydrogen-bond acceptors (Lipinski definition) is 3. The van der Waals surface area contributed by atoms with Crippen LogP contribution in [0.15, 0.2) is 24.3 Å². The van der Waals surface area contributed by atoms with E-state index in [1.807, 2.05) is 0 Å². The number of rotatable bonds is 5. The van der Waals surface area contributed by atoms with Crippen LogP contribution in [0.2, 0.25) is 0 Å². The second-order valence-electron chi connectivity index (χ2n) is 4.78. The first kappa shape index (κ1) is 12.8. The molecule has 96 valence electrons. The number of amides is 2. The van der Waals surface area contributed by atoms with Crippen molar-refractivity contribution in [1.29, 1.82) is 0 Å². The van der Waals surface area contributed by atoms with Gasteiger partial charge in [-0.2, -0.15) is 0 Å². The lowest BCUT2D eigenvalue weighted by atomic mass is 10.1. The average Bonchev–Trinajstić information content (AvgIpc) is 2.59. The molecule has 1 aliphatic heterocycles. The number of hydrogen-bond donors (Lipinski definition) is 0. The van der Waals surface area contributed by atoms with Gasteiger partial charge in [-0.3, -0.25) is 14.5 Å². The molecule has 0 aliphatic carbocycles. The zero-order valence-corrected chi connectivity index (χ0v) is 10.7. The van der Waals surface area contributed by atoms with Crippen LogP contribution < -0.4 is 0 Å². The summed E-state index contributed by atoms with van der Waals surface area (Å²) in [5, 5.41) is 0. The zero-order valence-electron chi connectivity index (χ0n) is 10.7. The first-order valence-electron chi connectivity index (χ1n) is 6.14. The van der Waals surface area contributed by atoms with Crippen molar-refractivity contribution < 1.29 is 14.3 Å². The molecular formula is C14H17NO3. The van der Waals surface area contributed by atoms with Gasteiger partial charge in [0.2, 0.25) is 0 Å². The Morgan fingerprint density at radius 1 is 1.11 bits per heavy atom. The highest BCUT2D eigenvalue weighted by Gasteiger charge is 2.34. The summed E-state index contributed by atoms with van der Waals surface area (Å²) in [6, 6.07) is 6.90. The molecule has 18 heavy (non-hydrogen) atoms. The number of ether oxygens (including phenoxy) is 1. The van der Waals surface area contributed by atoms with Crippen molar-refractivity contribution in [2.24, 2.45) is 5.92 Å². The standard InChI is InChI=1S/C14H17NO3/c1-10(2)9-18-8-7-15-13(16)11-5-3-4-6-12(11)14(15)17/h3-6,10H,7-9H2,1-2H3. The topological polar surface area (TPSA) is 46.6 Å². The van der Waals surface area contributed by atoms with Gasteiger partial charge in [0.05, 0.1) is 24.3 Å². The Kier molecular flexibility index (Phi) is 3.77. The monoisotopic (exact) mass is 247 g/mol. The van der Waals surface area contributed by atoms with E-state index in [0.717, 1.165) is 0 Å². The molecule has 0 saturated heterocycles. The van der Waals surface area contributed by atoms with Crippen LogP contribution >= 0.6 is 0 Å². The van der Waals surface area contributed by atoms with Crippen LogP contribution in [-0.4, -0.2) is 36.5 Å². The van der Waals surface area contributed by atoms with Crippen LogP contribution in [-0.2, 0) is 4.74 Å². The highest BCUT2D eigenvalue weighted by atomic mass is 16.5. The maximum Gasteiger partial charge on any atom is 0.261 e. The number of nitrogens with zero attached hydrogens (tertiary/aromatic N) is 1. The average molecular weight is 247 g/mol. The SMILES string of the molecule is CC(C)COCCN1C(=O)c2ccccc2C1=O. The number of carbonyl (C=O) groups is 2. The Bertz CT molecular complexity index is 433. The van der Waals surface area contributed by atoms with Crippen LogP contribution in [0.1, 0.15) is 34.6 Å². The fourth-order valence-electron chi connectivity index (χ4n) is 1.92. The predicted octanol–water partition coefficient (Wildman–Crippen LogP) is 1.96. The molecule has 1 heterocycles. The molecule has 2 rings (SSSR count). The molecule has 1 aromatic carbocycles. The molecule has 0 fully saturated rings. The van der Waals surface area contributed by atoms with Crippen LogP contribution in [0.25, 0.3) is 0 Å². The van der Waals surface area contributed by atoms with Gasteiger partial charge in [0.15, 0.2) is 0 Å². The first-order chi connectivity index (χ1) is 8.61. The van der Waals surface area contributed by atoms with Gasteiger partial charge in [-0.05, 0) is 18.1 Å². The summed E-state index contributed by atoms with van der Waals surface area (Å²) >= 11 is 0. The summed E-state index contributed by atoms with van der Waals surface area (Å²) in [6.07, 6.45) is 0. The first-order valence-corrected chi connectivity index (χ1v) is 6.14. The molecule has 0 radical (unpaired) electrons. The van der Waals surface area contributed by atoms with E-state index >= 15 is 0 Å². The second-order valence-corrected chi connectivity index (χ2v) is 4.78. The minimum atomic E-state index is -0.219. The minimum Gasteiger partial charge on any atom is -0.379 e. The van der Waals surface area contributed by atoms with Crippen LogP contribution in [0.3, 0.4) is 0 Å². The van der Waals surface area contributed by atoms with Gasteiger partial charge in [0.25, 0.3) is 11.8 Å². The second kappa shape index (κ2) is 5.31. The molecule has 0 N–H and O–H groups in total. The van der Waals surface area contributed by atoms with Crippen LogP contribution in [0.4, 0.5) is 0 Å². The summed E-state index contributed by atoms with van der Waals surface area (Å²) < 4.78 is 5.41. The smallest absolute Gasteiger partial charge is 0.261 e. The molecule has 0 unspecified atom stereocenters. The van der Waals surface area contributed by atoms with Crippen molar-refractivity contribution in [3.63, 3.8) is 0 Å². The van der Waals surface area contributed by atoms with Crippen molar-refractivity contribution in [3.8, 4) is 0 Å². The molecule has 0 atom stereocenters. The molecule has 1 aromatic rings. The maximum atomic E-state index is 12.0. The van der Waals surface area contributed by atoms with E-state index in [9.17, 15) is 9.59 Å². The molecule has 1 aliphatic rings. The molecule has 0 saturated carbocycles. The fourth-order valence-corrected chi connectivity index (χ4v) is 1.92. The van der Waals surface area contributed by atoms with Crippen molar-refractivity contribution in [2.45, 2.75) is 13.8 Å². The third-order valence-electron chi connectivity index (χ3n) is 2.79. The van der Waals surface area contributed by atoms with Gasteiger partial charge in [0, 0.05) is 6.61 Å². The third-order valence-corrected chi connectivity index (χ3v) is 2.79. The summed E-state index contributed by atoms with van der Waals surface area (Å²) in [6.45, 7) is 5.47.